The van der Waals surface area contributed by atoms with Crippen LogP contribution in [-0.4, -0.2) is 21.2 Å². The summed E-state index contributed by atoms with van der Waals surface area (Å²) in [5.74, 6) is 1.50. The number of hydrogen-bond acceptors (Lipinski definition) is 4. The van der Waals surface area contributed by atoms with Crippen molar-refractivity contribution in [2.45, 2.75) is 46.1 Å². The summed E-state index contributed by atoms with van der Waals surface area (Å²) in [6.45, 7) is 6.18. The molecule has 0 radical (unpaired) electrons. The number of nitrogens with one attached hydrogen (secondary N) is 1. The van der Waals surface area contributed by atoms with Gasteiger partial charge < -0.3 is 5.32 Å². The Morgan fingerprint density at radius 1 is 1.13 bits per heavy atom. The third-order valence-electron chi connectivity index (χ3n) is 3.12. The zero-order valence-corrected chi connectivity index (χ0v) is 9.62. The van der Waals surface area contributed by atoms with E-state index in [4.69, 9.17) is 0 Å². The van der Waals surface area contributed by atoms with E-state index in [0.717, 1.165) is 17.3 Å². The first-order valence-electron chi connectivity index (χ1n) is 5.59. The largest absolute Gasteiger partial charge is 0.350 e. The molecule has 0 aromatic carbocycles. The molecule has 2 unspecified atom stereocenters. The third-order valence-corrected chi connectivity index (χ3v) is 3.12. The van der Waals surface area contributed by atoms with Crippen LogP contribution in [0.15, 0.2) is 0 Å². The van der Waals surface area contributed by atoms with Crippen LogP contribution < -0.4 is 5.32 Å². The molecule has 2 rings (SSSR count). The van der Waals surface area contributed by atoms with Gasteiger partial charge >= 0.3 is 0 Å². The number of nitrogens with zero attached hydrogens (tertiary/aromatic N) is 3. The Kier molecular flexibility index (Phi) is 2.84. The van der Waals surface area contributed by atoms with Crippen LogP contribution in [0, 0.1) is 19.8 Å². The second kappa shape index (κ2) is 4.13. The lowest BCUT2D eigenvalue weighted by molar-refractivity contribution is 0.601. The summed E-state index contributed by atoms with van der Waals surface area (Å²) in [7, 11) is 0. The summed E-state index contributed by atoms with van der Waals surface area (Å²) >= 11 is 0. The molecule has 0 saturated heterocycles. The topological polar surface area (TPSA) is 50.7 Å². The van der Waals surface area contributed by atoms with Gasteiger partial charge in [0.1, 0.15) is 0 Å². The van der Waals surface area contributed by atoms with Gasteiger partial charge in [0.25, 0.3) is 0 Å². The molecule has 2 atom stereocenters. The van der Waals surface area contributed by atoms with Gasteiger partial charge in [-0.2, -0.15) is 5.10 Å². The second-order valence-corrected chi connectivity index (χ2v) is 4.57. The van der Waals surface area contributed by atoms with E-state index in [2.05, 4.69) is 27.4 Å². The Balaban J connectivity index is 2.02. The van der Waals surface area contributed by atoms with Crippen molar-refractivity contribution in [3.63, 3.8) is 0 Å². The maximum Gasteiger partial charge on any atom is 0.243 e. The van der Waals surface area contributed by atoms with E-state index in [1.807, 2.05) is 13.8 Å². The fraction of sp³-hybridized carbons (Fsp3) is 0.727. The maximum absolute atomic E-state index is 4.38. The van der Waals surface area contributed by atoms with Crippen LogP contribution in [0.5, 0.6) is 0 Å². The Morgan fingerprint density at radius 2 is 1.93 bits per heavy atom. The van der Waals surface area contributed by atoms with Gasteiger partial charge in [-0.3, -0.25) is 0 Å². The van der Waals surface area contributed by atoms with Crippen molar-refractivity contribution in [3.05, 3.63) is 11.4 Å². The van der Waals surface area contributed by atoms with Crippen molar-refractivity contribution in [3.8, 4) is 0 Å². The smallest absolute Gasteiger partial charge is 0.243 e. The molecule has 4 heteroatoms. The van der Waals surface area contributed by atoms with Crippen molar-refractivity contribution in [1.82, 2.24) is 15.2 Å². The lowest BCUT2D eigenvalue weighted by Gasteiger charge is -2.12. The standard InChI is InChI=1S/C11H18N4/c1-7-4-5-10(6-7)13-11-12-8(2)9(3)14-15-11/h7,10H,4-6H2,1-3H3,(H,12,13,15). The molecule has 4 nitrogen and oxygen atoms in total. The first-order chi connectivity index (χ1) is 7.15. The SMILES string of the molecule is Cc1nnc(NC2CCC(C)C2)nc1C. The summed E-state index contributed by atoms with van der Waals surface area (Å²) in [4.78, 5) is 4.38. The van der Waals surface area contributed by atoms with Gasteiger partial charge in [-0.25, -0.2) is 4.98 Å². The van der Waals surface area contributed by atoms with E-state index in [1.165, 1.54) is 19.3 Å². The minimum absolute atomic E-state index is 0.531. The normalized spacial score (nSPS) is 25.5. The van der Waals surface area contributed by atoms with Gasteiger partial charge in [0, 0.05) is 6.04 Å². The van der Waals surface area contributed by atoms with Crippen LogP contribution in [0.1, 0.15) is 37.6 Å². The highest BCUT2D eigenvalue weighted by molar-refractivity contribution is 5.26. The average molecular weight is 206 g/mol. The highest BCUT2D eigenvalue weighted by atomic mass is 15.2. The Hall–Kier alpha value is -1.19. The van der Waals surface area contributed by atoms with Gasteiger partial charge in [-0.15, -0.1) is 5.10 Å². The first kappa shape index (κ1) is 10.3. The first-order valence-corrected chi connectivity index (χ1v) is 5.59. The molecule has 15 heavy (non-hydrogen) atoms. The monoisotopic (exact) mass is 206 g/mol. The molecule has 82 valence electrons. The fourth-order valence-corrected chi connectivity index (χ4v) is 2.04. The Morgan fingerprint density at radius 3 is 2.53 bits per heavy atom. The molecule has 0 aliphatic heterocycles. The summed E-state index contributed by atoms with van der Waals surface area (Å²) < 4.78 is 0. The minimum atomic E-state index is 0.531. The van der Waals surface area contributed by atoms with Crippen molar-refractivity contribution in [1.29, 1.82) is 0 Å². The highest BCUT2D eigenvalue weighted by Gasteiger charge is 2.21. The quantitative estimate of drug-likeness (QED) is 0.805. The molecule has 1 aromatic heterocycles. The Bertz CT molecular complexity index is 350. The van der Waals surface area contributed by atoms with E-state index in [-0.39, 0.29) is 0 Å². The van der Waals surface area contributed by atoms with Crippen LogP contribution in [0.3, 0.4) is 0 Å². The molecule has 1 fully saturated rings. The van der Waals surface area contributed by atoms with E-state index >= 15 is 0 Å². The summed E-state index contributed by atoms with van der Waals surface area (Å²) in [5.41, 5.74) is 1.86. The van der Waals surface area contributed by atoms with Crippen molar-refractivity contribution < 1.29 is 0 Å². The van der Waals surface area contributed by atoms with Gasteiger partial charge in [-0.1, -0.05) is 6.92 Å². The van der Waals surface area contributed by atoms with Crippen molar-refractivity contribution >= 4 is 5.95 Å². The molecule has 0 spiro atoms. The predicted molar refractivity (Wildman–Crippen MR) is 59.7 cm³/mol. The van der Waals surface area contributed by atoms with Crippen molar-refractivity contribution in [2.24, 2.45) is 5.92 Å². The average Bonchev–Trinajstić information content (AvgIpc) is 2.58. The van der Waals surface area contributed by atoms with E-state index < -0.39 is 0 Å². The second-order valence-electron chi connectivity index (χ2n) is 4.57. The van der Waals surface area contributed by atoms with Crippen LogP contribution >= 0.6 is 0 Å². The van der Waals surface area contributed by atoms with Crippen LogP contribution in [0.4, 0.5) is 5.95 Å². The molecule has 1 aliphatic carbocycles. The minimum Gasteiger partial charge on any atom is -0.350 e. The molecule has 0 amide bonds. The number of rotatable bonds is 2. The predicted octanol–water partition coefficient (Wildman–Crippen LogP) is 2.09. The summed E-state index contributed by atoms with van der Waals surface area (Å²) in [6, 6.07) is 0.531. The lowest BCUT2D eigenvalue weighted by atomic mass is 10.1. The van der Waals surface area contributed by atoms with Gasteiger partial charge in [-0.05, 0) is 39.0 Å². The zero-order valence-electron chi connectivity index (χ0n) is 9.62. The molecule has 1 heterocycles. The van der Waals surface area contributed by atoms with Crippen LogP contribution in [0.2, 0.25) is 0 Å². The molecule has 1 aliphatic rings. The van der Waals surface area contributed by atoms with E-state index in [1.54, 1.807) is 0 Å². The number of aryl methyl sites for hydroxylation is 2. The van der Waals surface area contributed by atoms with Crippen LogP contribution in [0.25, 0.3) is 0 Å². The highest BCUT2D eigenvalue weighted by Crippen LogP contribution is 2.26. The molecule has 1 aromatic rings. The number of hydrogen-bond donors (Lipinski definition) is 1. The lowest BCUT2D eigenvalue weighted by Crippen LogP contribution is -2.18. The van der Waals surface area contributed by atoms with Gasteiger partial charge in [0.15, 0.2) is 0 Å². The van der Waals surface area contributed by atoms with E-state index in [0.29, 0.717) is 12.0 Å². The van der Waals surface area contributed by atoms with E-state index in [9.17, 15) is 0 Å². The number of anilines is 1. The summed E-state index contributed by atoms with van der Waals surface area (Å²) in [5, 5.41) is 11.5. The van der Waals surface area contributed by atoms with Gasteiger partial charge in [0.05, 0.1) is 11.4 Å². The van der Waals surface area contributed by atoms with Crippen LogP contribution in [-0.2, 0) is 0 Å². The molecule has 1 saturated carbocycles. The maximum atomic E-state index is 4.38. The molecule has 1 N–H and O–H groups in total. The number of aromatic nitrogens is 3. The molecule has 0 bridgehead atoms. The molecular weight excluding hydrogens is 188 g/mol. The fourth-order valence-electron chi connectivity index (χ4n) is 2.04. The summed E-state index contributed by atoms with van der Waals surface area (Å²) in [6.07, 6.45) is 3.74. The third kappa shape index (κ3) is 2.43. The zero-order chi connectivity index (χ0) is 10.8. The molecular formula is C11H18N4. The van der Waals surface area contributed by atoms with Crippen molar-refractivity contribution in [2.75, 3.05) is 5.32 Å². The Labute approximate surface area is 90.5 Å². The van der Waals surface area contributed by atoms with Gasteiger partial charge in [0.2, 0.25) is 5.95 Å².